The van der Waals surface area contributed by atoms with Crippen LogP contribution in [0.3, 0.4) is 0 Å². The number of hydrogen-bond acceptors (Lipinski definition) is 3. The summed E-state index contributed by atoms with van der Waals surface area (Å²) in [5.41, 5.74) is 0.459. The van der Waals surface area contributed by atoms with Gasteiger partial charge in [0.05, 0.1) is 16.7 Å². The zero-order valence-corrected chi connectivity index (χ0v) is 12.2. The number of nitrogens with zero attached hydrogens (tertiary/aromatic N) is 1. The Bertz CT molecular complexity index is 426. The molecule has 1 N–H and O–H groups in total. The maximum Gasteiger partial charge on any atom is 0.253 e. The molecule has 1 rings (SSSR count). The Balaban J connectivity index is 2.76. The second-order valence-corrected chi connectivity index (χ2v) is 4.81. The normalized spacial score (nSPS) is 10.5. The zero-order chi connectivity index (χ0) is 14.3. The third kappa shape index (κ3) is 4.99. The molecule has 106 valence electrons. The van der Waals surface area contributed by atoms with E-state index in [1.165, 1.54) is 6.07 Å². The van der Waals surface area contributed by atoms with Crippen LogP contribution < -0.4 is 0 Å². The smallest absolute Gasteiger partial charge is 0.253 e. The molecule has 0 aliphatic rings. The summed E-state index contributed by atoms with van der Waals surface area (Å²) in [7, 11) is 1.61. The fourth-order valence-corrected chi connectivity index (χ4v) is 1.95. The average molecular weight is 306 g/mol. The van der Waals surface area contributed by atoms with Crippen LogP contribution in [0.4, 0.5) is 0 Å². The monoisotopic (exact) mass is 305 g/mol. The second-order valence-electron chi connectivity index (χ2n) is 3.99. The van der Waals surface area contributed by atoms with Gasteiger partial charge in [0.1, 0.15) is 0 Å². The highest BCUT2D eigenvalue weighted by Crippen LogP contribution is 2.23. The van der Waals surface area contributed by atoms with Crippen LogP contribution in [0.25, 0.3) is 0 Å². The van der Waals surface area contributed by atoms with Crippen molar-refractivity contribution in [3.63, 3.8) is 0 Å². The number of methoxy groups -OCH3 is 1. The van der Waals surface area contributed by atoms with E-state index in [2.05, 4.69) is 0 Å². The summed E-state index contributed by atoms with van der Waals surface area (Å²) in [6.45, 7) is 1.28. The minimum atomic E-state index is -0.177. The molecule has 0 aliphatic carbocycles. The highest BCUT2D eigenvalue weighted by atomic mass is 35.5. The largest absolute Gasteiger partial charge is 0.395 e. The van der Waals surface area contributed by atoms with Gasteiger partial charge in [0.2, 0.25) is 0 Å². The lowest BCUT2D eigenvalue weighted by Crippen LogP contribution is -2.34. The maximum atomic E-state index is 12.3. The lowest BCUT2D eigenvalue weighted by molar-refractivity contribution is 0.0701. The molecular formula is C13H17Cl2NO3. The van der Waals surface area contributed by atoms with Crippen LogP contribution in [0.5, 0.6) is 0 Å². The number of aliphatic hydroxyl groups excluding tert-OH is 1. The van der Waals surface area contributed by atoms with Crippen molar-refractivity contribution < 1.29 is 14.6 Å². The molecule has 0 spiro atoms. The van der Waals surface area contributed by atoms with Gasteiger partial charge in [-0.3, -0.25) is 4.79 Å². The molecule has 19 heavy (non-hydrogen) atoms. The molecule has 0 heterocycles. The maximum absolute atomic E-state index is 12.3. The third-order valence-electron chi connectivity index (χ3n) is 2.60. The van der Waals surface area contributed by atoms with Crippen molar-refractivity contribution in [2.75, 3.05) is 33.4 Å². The molecule has 1 amide bonds. The quantitative estimate of drug-likeness (QED) is 0.787. The van der Waals surface area contributed by atoms with Gasteiger partial charge < -0.3 is 14.7 Å². The number of carbonyl (C=O) groups excluding carboxylic acids is 1. The van der Waals surface area contributed by atoms with Gasteiger partial charge in [0, 0.05) is 32.4 Å². The number of benzene rings is 1. The summed E-state index contributed by atoms with van der Waals surface area (Å²) in [4.78, 5) is 13.8. The number of halogens is 2. The molecule has 0 aromatic heterocycles. The molecule has 1 aromatic rings. The molecule has 0 fully saturated rings. The molecule has 6 heteroatoms. The zero-order valence-electron chi connectivity index (χ0n) is 10.7. The molecule has 4 nitrogen and oxygen atoms in total. The fourth-order valence-electron chi connectivity index (χ4n) is 1.65. The van der Waals surface area contributed by atoms with Gasteiger partial charge in [-0.15, -0.1) is 0 Å². The first kappa shape index (κ1) is 16.2. The van der Waals surface area contributed by atoms with Crippen molar-refractivity contribution in [2.24, 2.45) is 0 Å². The molecule has 0 atom stereocenters. The van der Waals surface area contributed by atoms with Crippen LogP contribution in [-0.2, 0) is 4.74 Å². The summed E-state index contributed by atoms with van der Waals surface area (Å²) in [6, 6.07) is 4.74. The number of ether oxygens (including phenoxy) is 1. The molecule has 0 unspecified atom stereocenters. The van der Waals surface area contributed by atoms with Crippen LogP contribution in [0, 0.1) is 0 Å². The van der Waals surface area contributed by atoms with Crippen molar-refractivity contribution in [3.8, 4) is 0 Å². The molecule has 0 saturated carbocycles. The van der Waals surface area contributed by atoms with E-state index in [1.54, 1.807) is 24.1 Å². The first-order valence-electron chi connectivity index (χ1n) is 5.94. The van der Waals surface area contributed by atoms with Crippen molar-refractivity contribution in [1.29, 1.82) is 0 Å². The SMILES string of the molecule is COCCCN(CCO)C(=O)c1ccc(Cl)c(Cl)c1. The Morgan fingerprint density at radius 1 is 1.32 bits per heavy atom. The van der Waals surface area contributed by atoms with E-state index in [0.29, 0.717) is 35.2 Å². The highest BCUT2D eigenvalue weighted by Gasteiger charge is 2.15. The Kier molecular flexibility index (Phi) is 7.16. The van der Waals surface area contributed by atoms with E-state index in [9.17, 15) is 4.79 Å². The Hall–Kier alpha value is -0.810. The molecule has 0 bridgehead atoms. The predicted molar refractivity (Wildman–Crippen MR) is 75.9 cm³/mol. The summed E-state index contributed by atoms with van der Waals surface area (Å²) in [5.74, 6) is -0.177. The van der Waals surface area contributed by atoms with Crippen LogP contribution in [-0.4, -0.2) is 49.3 Å². The summed E-state index contributed by atoms with van der Waals surface area (Å²) < 4.78 is 4.95. The van der Waals surface area contributed by atoms with Gasteiger partial charge in [0.25, 0.3) is 5.91 Å². The van der Waals surface area contributed by atoms with E-state index in [1.807, 2.05) is 0 Å². The number of aliphatic hydroxyl groups is 1. The Morgan fingerprint density at radius 2 is 2.05 bits per heavy atom. The topological polar surface area (TPSA) is 49.8 Å². The predicted octanol–water partition coefficient (Wildman–Crippen LogP) is 2.46. The van der Waals surface area contributed by atoms with Gasteiger partial charge >= 0.3 is 0 Å². The minimum Gasteiger partial charge on any atom is -0.395 e. The van der Waals surface area contributed by atoms with Crippen molar-refractivity contribution >= 4 is 29.1 Å². The second kappa shape index (κ2) is 8.38. The highest BCUT2D eigenvalue weighted by molar-refractivity contribution is 6.42. The summed E-state index contributed by atoms with van der Waals surface area (Å²) in [6.07, 6.45) is 0.712. The fraction of sp³-hybridized carbons (Fsp3) is 0.462. The van der Waals surface area contributed by atoms with E-state index >= 15 is 0 Å². The van der Waals surface area contributed by atoms with Crippen molar-refractivity contribution in [2.45, 2.75) is 6.42 Å². The van der Waals surface area contributed by atoms with Crippen LogP contribution in [0.2, 0.25) is 10.0 Å². The minimum absolute atomic E-state index is 0.0833. The van der Waals surface area contributed by atoms with Crippen molar-refractivity contribution in [3.05, 3.63) is 33.8 Å². The molecule has 1 aromatic carbocycles. The van der Waals surface area contributed by atoms with Crippen molar-refractivity contribution in [1.82, 2.24) is 4.90 Å². The molecule has 0 radical (unpaired) electrons. The van der Waals surface area contributed by atoms with Gasteiger partial charge in [-0.1, -0.05) is 23.2 Å². The summed E-state index contributed by atoms with van der Waals surface area (Å²) in [5, 5.41) is 9.77. The number of rotatable bonds is 7. The first-order chi connectivity index (χ1) is 9.10. The molecular weight excluding hydrogens is 289 g/mol. The van der Waals surface area contributed by atoms with E-state index in [4.69, 9.17) is 33.0 Å². The number of amides is 1. The number of hydrogen-bond donors (Lipinski definition) is 1. The van der Waals surface area contributed by atoms with Crippen LogP contribution in [0.1, 0.15) is 16.8 Å². The van der Waals surface area contributed by atoms with E-state index in [-0.39, 0.29) is 19.1 Å². The van der Waals surface area contributed by atoms with Gasteiger partial charge in [-0.2, -0.15) is 0 Å². The van der Waals surface area contributed by atoms with E-state index < -0.39 is 0 Å². The standard InChI is InChI=1S/C13H17Cl2NO3/c1-19-8-2-5-16(6-7-17)13(18)10-3-4-11(14)12(15)9-10/h3-4,9,17H,2,5-8H2,1H3. The van der Waals surface area contributed by atoms with Gasteiger partial charge in [0.15, 0.2) is 0 Å². The van der Waals surface area contributed by atoms with Crippen LogP contribution in [0.15, 0.2) is 18.2 Å². The Labute approximate surface area is 122 Å². The lowest BCUT2D eigenvalue weighted by atomic mass is 10.2. The third-order valence-corrected chi connectivity index (χ3v) is 3.34. The molecule has 0 aliphatic heterocycles. The number of carbonyl (C=O) groups is 1. The van der Waals surface area contributed by atoms with Gasteiger partial charge in [-0.25, -0.2) is 0 Å². The Morgan fingerprint density at radius 3 is 2.63 bits per heavy atom. The van der Waals surface area contributed by atoms with Crippen LogP contribution >= 0.6 is 23.2 Å². The molecule has 0 saturated heterocycles. The average Bonchev–Trinajstić information content (AvgIpc) is 2.40. The summed E-state index contributed by atoms with van der Waals surface area (Å²) >= 11 is 11.7. The lowest BCUT2D eigenvalue weighted by Gasteiger charge is -2.21. The van der Waals surface area contributed by atoms with E-state index in [0.717, 1.165) is 0 Å². The first-order valence-corrected chi connectivity index (χ1v) is 6.70. The van der Waals surface area contributed by atoms with Gasteiger partial charge in [-0.05, 0) is 24.6 Å².